The van der Waals surface area contributed by atoms with E-state index in [-0.39, 0.29) is 11.8 Å². The van der Waals surface area contributed by atoms with Crippen molar-refractivity contribution in [1.29, 1.82) is 0 Å². The van der Waals surface area contributed by atoms with Gasteiger partial charge in [0.1, 0.15) is 5.56 Å². The normalized spacial score (nSPS) is 17.6. The predicted molar refractivity (Wildman–Crippen MR) is 83.9 cm³/mol. The number of aromatic nitrogens is 2. The van der Waals surface area contributed by atoms with E-state index < -0.39 is 17.7 Å². The minimum Gasteiger partial charge on any atom is -0.465 e. The summed E-state index contributed by atoms with van der Waals surface area (Å²) in [7, 11) is 1.32. The molecule has 4 nitrogen and oxygen atoms in total. The second-order valence-electron chi connectivity index (χ2n) is 6.65. The lowest BCUT2D eigenvalue weighted by atomic mass is 10.1. The number of hydrogen-bond donors (Lipinski definition) is 0. The predicted octanol–water partition coefficient (Wildman–Crippen LogP) is 4.43. The molecule has 7 heteroatoms. The maximum atomic E-state index is 13.1. The van der Waals surface area contributed by atoms with Crippen LogP contribution in [-0.4, -0.2) is 22.9 Å². The van der Waals surface area contributed by atoms with Crippen LogP contribution in [-0.2, 0) is 10.9 Å². The lowest BCUT2D eigenvalue weighted by molar-refractivity contribution is -0.137. The number of benzene rings is 1. The molecule has 2 saturated carbocycles. The van der Waals surface area contributed by atoms with E-state index in [2.05, 4.69) is 5.10 Å². The lowest BCUT2D eigenvalue weighted by Gasteiger charge is -2.11. The molecule has 0 bridgehead atoms. The Balaban J connectivity index is 1.89. The number of esters is 1. The molecule has 2 aliphatic rings. The van der Waals surface area contributed by atoms with Crippen molar-refractivity contribution < 1.29 is 22.7 Å². The van der Waals surface area contributed by atoms with Gasteiger partial charge in [0, 0.05) is 11.8 Å². The second kappa shape index (κ2) is 5.61. The van der Waals surface area contributed by atoms with Crippen molar-refractivity contribution in [1.82, 2.24) is 9.78 Å². The third kappa shape index (κ3) is 2.92. The van der Waals surface area contributed by atoms with E-state index in [4.69, 9.17) is 4.74 Å². The zero-order valence-corrected chi connectivity index (χ0v) is 13.6. The standard InChI is InChI=1S/C18H17F3N2O2/c1-25-17(24)14-15(10-5-6-10)22-23(16(14)11-7-8-11)13-4-2-3-12(9-13)18(19,20)21/h2-4,9-11H,5-8H2,1H3. The fourth-order valence-corrected chi connectivity index (χ4v) is 3.15. The molecule has 0 atom stereocenters. The molecule has 4 rings (SSSR count). The number of carbonyl (C=O) groups is 1. The van der Waals surface area contributed by atoms with Crippen molar-refractivity contribution >= 4 is 5.97 Å². The van der Waals surface area contributed by atoms with Gasteiger partial charge in [0.25, 0.3) is 0 Å². The van der Waals surface area contributed by atoms with Gasteiger partial charge >= 0.3 is 12.1 Å². The molecule has 0 radical (unpaired) electrons. The molecule has 0 spiro atoms. The molecule has 2 aliphatic carbocycles. The van der Waals surface area contributed by atoms with E-state index in [9.17, 15) is 18.0 Å². The Morgan fingerprint density at radius 2 is 1.88 bits per heavy atom. The number of halogens is 3. The van der Waals surface area contributed by atoms with Gasteiger partial charge in [0.05, 0.1) is 29.7 Å². The third-order valence-corrected chi connectivity index (χ3v) is 4.68. The minimum atomic E-state index is -4.42. The van der Waals surface area contributed by atoms with Gasteiger partial charge in [-0.1, -0.05) is 6.07 Å². The summed E-state index contributed by atoms with van der Waals surface area (Å²) in [5.41, 5.74) is 1.40. The van der Waals surface area contributed by atoms with E-state index >= 15 is 0 Å². The summed E-state index contributed by atoms with van der Waals surface area (Å²) >= 11 is 0. The van der Waals surface area contributed by atoms with Crippen LogP contribution in [0.15, 0.2) is 24.3 Å². The molecule has 0 aliphatic heterocycles. The van der Waals surface area contributed by atoms with Gasteiger partial charge in [-0.3, -0.25) is 0 Å². The Morgan fingerprint density at radius 3 is 2.44 bits per heavy atom. The number of alkyl halides is 3. The molecule has 0 unspecified atom stereocenters. The van der Waals surface area contributed by atoms with Crippen LogP contribution in [0.25, 0.3) is 5.69 Å². The Bertz CT molecular complexity index is 833. The zero-order chi connectivity index (χ0) is 17.8. The van der Waals surface area contributed by atoms with E-state index in [1.807, 2.05) is 0 Å². The fraction of sp³-hybridized carbons (Fsp3) is 0.444. The zero-order valence-electron chi connectivity index (χ0n) is 13.6. The Morgan fingerprint density at radius 1 is 1.20 bits per heavy atom. The minimum absolute atomic E-state index is 0.142. The van der Waals surface area contributed by atoms with Crippen molar-refractivity contribution in [3.63, 3.8) is 0 Å². The topological polar surface area (TPSA) is 44.1 Å². The molecule has 0 saturated heterocycles. The smallest absolute Gasteiger partial charge is 0.416 e. The highest BCUT2D eigenvalue weighted by Crippen LogP contribution is 2.48. The van der Waals surface area contributed by atoms with Crippen LogP contribution in [0, 0.1) is 0 Å². The Hall–Kier alpha value is -2.31. The first-order valence-corrected chi connectivity index (χ1v) is 8.29. The highest BCUT2D eigenvalue weighted by Gasteiger charge is 2.40. The van der Waals surface area contributed by atoms with Gasteiger partial charge in [-0.15, -0.1) is 0 Å². The average Bonchev–Trinajstić information content (AvgIpc) is 3.50. The number of ether oxygens (including phenoxy) is 1. The van der Waals surface area contributed by atoms with Crippen LogP contribution >= 0.6 is 0 Å². The van der Waals surface area contributed by atoms with E-state index in [1.165, 1.54) is 17.9 Å². The van der Waals surface area contributed by atoms with Crippen molar-refractivity contribution in [2.45, 2.75) is 43.7 Å². The molecule has 132 valence electrons. The maximum absolute atomic E-state index is 13.1. The maximum Gasteiger partial charge on any atom is 0.416 e. The van der Waals surface area contributed by atoms with Gasteiger partial charge in [-0.2, -0.15) is 18.3 Å². The Labute approximate surface area is 142 Å². The molecule has 0 N–H and O–H groups in total. The third-order valence-electron chi connectivity index (χ3n) is 4.68. The summed E-state index contributed by atoms with van der Waals surface area (Å²) in [6.45, 7) is 0. The van der Waals surface area contributed by atoms with Gasteiger partial charge in [-0.05, 0) is 43.9 Å². The average molecular weight is 350 g/mol. The second-order valence-corrected chi connectivity index (χ2v) is 6.65. The summed E-state index contributed by atoms with van der Waals surface area (Å²) in [6, 6.07) is 5.07. The van der Waals surface area contributed by atoms with E-state index in [0.717, 1.165) is 37.8 Å². The monoisotopic (exact) mass is 350 g/mol. The first-order valence-electron chi connectivity index (χ1n) is 8.29. The molecule has 2 fully saturated rings. The van der Waals surface area contributed by atoms with Crippen molar-refractivity contribution in [3.05, 3.63) is 46.8 Å². The van der Waals surface area contributed by atoms with Crippen LogP contribution in [0.4, 0.5) is 13.2 Å². The van der Waals surface area contributed by atoms with Crippen molar-refractivity contribution in [2.24, 2.45) is 0 Å². The number of rotatable bonds is 4. The largest absolute Gasteiger partial charge is 0.465 e. The molecular weight excluding hydrogens is 333 g/mol. The summed E-state index contributed by atoms with van der Waals surface area (Å²) in [4.78, 5) is 12.3. The van der Waals surface area contributed by atoms with Gasteiger partial charge < -0.3 is 4.74 Å². The SMILES string of the molecule is COC(=O)c1c(C2CC2)nn(-c2cccc(C(F)(F)F)c2)c1C1CC1. The van der Waals surface area contributed by atoms with Crippen LogP contribution < -0.4 is 0 Å². The summed E-state index contributed by atoms with van der Waals surface area (Å²) in [5.74, 6) is -0.121. The fourth-order valence-electron chi connectivity index (χ4n) is 3.15. The molecule has 1 aromatic carbocycles. The summed E-state index contributed by atoms with van der Waals surface area (Å²) < 4.78 is 45.6. The molecule has 1 aromatic heterocycles. The summed E-state index contributed by atoms with van der Waals surface area (Å²) in [6.07, 6.45) is -0.744. The molecule has 0 amide bonds. The highest BCUT2D eigenvalue weighted by atomic mass is 19.4. The van der Waals surface area contributed by atoms with E-state index in [1.54, 1.807) is 6.07 Å². The van der Waals surface area contributed by atoms with Crippen LogP contribution in [0.2, 0.25) is 0 Å². The summed E-state index contributed by atoms with van der Waals surface area (Å²) in [5, 5.41) is 4.54. The van der Waals surface area contributed by atoms with Crippen LogP contribution in [0.5, 0.6) is 0 Å². The highest BCUT2D eigenvalue weighted by molar-refractivity contribution is 5.93. The molecule has 1 heterocycles. The molecule has 2 aromatic rings. The Kier molecular flexibility index (Phi) is 3.63. The lowest BCUT2D eigenvalue weighted by Crippen LogP contribution is -2.10. The van der Waals surface area contributed by atoms with Gasteiger partial charge in [-0.25, -0.2) is 9.48 Å². The van der Waals surface area contributed by atoms with Crippen LogP contribution in [0.3, 0.4) is 0 Å². The molecular formula is C18H17F3N2O2. The van der Waals surface area contributed by atoms with Gasteiger partial charge in [0.2, 0.25) is 0 Å². The van der Waals surface area contributed by atoms with Crippen molar-refractivity contribution in [3.8, 4) is 5.69 Å². The number of nitrogens with zero attached hydrogens (tertiary/aromatic N) is 2. The van der Waals surface area contributed by atoms with E-state index in [0.29, 0.717) is 22.6 Å². The quantitative estimate of drug-likeness (QED) is 0.766. The van der Waals surface area contributed by atoms with Gasteiger partial charge in [0.15, 0.2) is 0 Å². The first kappa shape index (κ1) is 16.2. The number of carbonyl (C=O) groups excluding carboxylic acids is 1. The van der Waals surface area contributed by atoms with Crippen molar-refractivity contribution in [2.75, 3.05) is 7.11 Å². The number of methoxy groups -OCH3 is 1. The number of hydrogen-bond acceptors (Lipinski definition) is 3. The molecule has 25 heavy (non-hydrogen) atoms. The van der Waals surface area contributed by atoms with Crippen LogP contribution in [0.1, 0.15) is 64.8 Å². The first-order chi connectivity index (χ1) is 11.9.